The Morgan fingerprint density at radius 3 is 2.55 bits per heavy atom. The molecule has 0 radical (unpaired) electrons. The van der Waals surface area contributed by atoms with E-state index in [2.05, 4.69) is 16.0 Å². The first-order valence-corrected chi connectivity index (χ1v) is 8.04. The number of aryl methyl sites for hydroxylation is 1. The number of thioether (sulfide) groups is 1. The second kappa shape index (κ2) is 6.80. The molecule has 4 nitrogen and oxygen atoms in total. The molecule has 0 bridgehead atoms. The van der Waals surface area contributed by atoms with Gasteiger partial charge in [0.2, 0.25) is 0 Å². The summed E-state index contributed by atoms with van der Waals surface area (Å²) in [6.07, 6.45) is 0. The minimum Gasteiger partial charge on any atom is -0.301 e. The Morgan fingerprint density at radius 2 is 1.95 bits per heavy atom. The van der Waals surface area contributed by atoms with Gasteiger partial charge in [0.1, 0.15) is 5.92 Å². The number of H-pyrrole nitrogens is 1. The first-order chi connectivity index (χ1) is 10.4. The molecule has 22 heavy (non-hydrogen) atoms. The SMILES string of the molecule is Cc1ccccc1C(C#N)c1nc(SC(C)C)[nH]c(=O)c1C. The van der Waals surface area contributed by atoms with E-state index in [1.165, 1.54) is 11.8 Å². The minimum atomic E-state index is -0.532. The maximum absolute atomic E-state index is 12.2. The molecular weight excluding hydrogens is 294 g/mol. The van der Waals surface area contributed by atoms with E-state index in [9.17, 15) is 10.1 Å². The molecule has 0 spiro atoms. The van der Waals surface area contributed by atoms with Crippen LogP contribution in [0.25, 0.3) is 0 Å². The Bertz CT molecular complexity index is 774. The third-order valence-electron chi connectivity index (χ3n) is 3.42. The monoisotopic (exact) mass is 313 g/mol. The van der Waals surface area contributed by atoms with Crippen molar-refractivity contribution in [3.63, 3.8) is 0 Å². The molecule has 0 saturated carbocycles. The van der Waals surface area contributed by atoms with Gasteiger partial charge in [0, 0.05) is 10.8 Å². The van der Waals surface area contributed by atoms with E-state index in [1.54, 1.807) is 6.92 Å². The molecule has 2 aromatic rings. The van der Waals surface area contributed by atoms with Crippen LogP contribution in [0, 0.1) is 25.2 Å². The lowest BCUT2D eigenvalue weighted by molar-refractivity contribution is 0.821. The standard InChI is InChI=1S/C17H19N3OS/c1-10(2)22-17-19-15(12(4)16(21)20-17)14(9-18)13-8-6-5-7-11(13)3/h5-8,10,14H,1-4H3,(H,19,20,21). The Kier molecular flexibility index (Phi) is 5.04. The van der Waals surface area contributed by atoms with Gasteiger partial charge in [-0.1, -0.05) is 49.9 Å². The average molecular weight is 313 g/mol. The number of rotatable bonds is 4. The summed E-state index contributed by atoms with van der Waals surface area (Å²) in [7, 11) is 0. The van der Waals surface area contributed by atoms with Gasteiger partial charge < -0.3 is 4.98 Å². The molecule has 0 fully saturated rings. The highest BCUT2D eigenvalue weighted by Gasteiger charge is 2.21. The number of nitriles is 1. The zero-order chi connectivity index (χ0) is 16.3. The first-order valence-electron chi connectivity index (χ1n) is 7.16. The molecule has 114 valence electrons. The third kappa shape index (κ3) is 3.40. The predicted octanol–water partition coefficient (Wildman–Crippen LogP) is 3.54. The molecule has 0 saturated heterocycles. The first kappa shape index (κ1) is 16.3. The van der Waals surface area contributed by atoms with Crippen molar-refractivity contribution in [3.8, 4) is 6.07 Å². The van der Waals surface area contributed by atoms with Gasteiger partial charge in [0.25, 0.3) is 5.56 Å². The molecule has 5 heteroatoms. The lowest BCUT2D eigenvalue weighted by Gasteiger charge is -2.15. The topological polar surface area (TPSA) is 69.5 Å². The molecule has 1 aromatic heterocycles. The van der Waals surface area contributed by atoms with Crippen LogP contribution in [0.3, 0.4) is 0 Å². The predicted molar refractivity (Wildman–Crippen MR) is 89.2 cm³/mol. The molecule has 0 aliphatic carbocycles. The fraction of sp³-hybridized carbons (Fsp3) is 0.353. The highest BCUT2D eigenvalue weighted by atomic mass is 32.2. The summed E-state index contributed by atoms with van der Waals surface area (Å²) in [5.41, 5.74) is 2.79. The number of hydrogen-bond donors (Lipinski definition) is 1. The molecular formula is C17H19N3OS. The van der Waals surface area contributed by atoms with Gasteiger partial charge >= 0.3 is 0 Å². The van der Waals surface area contributed by atoms with Crippen molar-refractivity contribution in [2.45, 2.75) is 44.0 Å². The van der Waals surface area contributed by atoms with E-state index in [0.29, 0.717) is 21.7 Å². The van der Waals surface area contributed by atoms with Crippen LogP contribution < -0.4 is 5.56 Å². The lowest BCUT2D eigenvalue weighted by Crippen LogP contribution is -2.19. The zero-order valence-electron chi connectivity index (χ0n) is 13.2. The van der Waals surface area contributed by atoms with Crippen LogP contribution in [0.5, 0.6) is 0 Å². The van der Waals surface area contributed by atoms with Crippen molar-refractivity contribution in [2.75, 3.05) is 0 Å². The maximum Gasteiger partial charge on any atom is 0.254 e. The Hall–Kier alpha value is -2.06. The molecule has 1 atom stereocenters. The summed E-state index contributed by atoms with van der Waals surface area (Å²) in [5.74, 6) is -0.532. The molecule has 0 aliphatic rings. The summed E-state index contributed by atoms with van der Waals surface area (Å²) in [5, 5.41) is 10.5. The number of aromatic amines is 1. The fourth-order valence-electron chi connectivity index (χ4n) is 2.28. The van der Waals surface area contributed by atoms with Crippen molar-refractivity contribution in [2.24, 2.45) is 0 Å². The fourth-order valence-corrected chi connectivity index (χ4v) is 3.03. The number of nitrogens with one attached hydrogen (secondary N) is 1. The van der Waals surface area contributed by atoms with Gasteiger partial charge in [0.05, 0.1) is 11.8 Å². The summed E-state index contributed by atoms with van der Waals surface area (Å²) < 4.78 is 0. The molecule has 2 rings (SSSR count). The smallest absolute Gasteiger partial charge is 0.254 e. The van der Waals surface area contributed by atoms with Crippen molar-refractivity contribution < 1.29 is 0 Å². The van der Waals surface area contributed by atoms with Crippen molar-refractivity contribution in [3.05, 3.63) is 57.0 Å². The summed E-state index contributed by atoms with van der Waals surface area (Å²) in [6, 6.07) is 10.0. The number of aromatic nitrogens is 2. The Labute approximate surface area is 134 Å². The number of hydrogen-bond acceptors (Lipinski definition) is 4. The molecule has 0 amide bonds. The molecule has 0 aliphatic heterocycles. The van der Waals surface area contributed by atoms with Crippen LogP contribution in [0.4, 0.5) is 0 Å². The van der Waals surface area contributed by atoms with Crippen LogP contribution >= 0.6 is 11.8 Å². The van der Waals surface area contributed by atoms with E-state index in [0.717, 1.165) is 11.1 Å². The second-order valence-electron chi connectivity index (χ2n) is 5.47. The summed E-state index contributed by atoms with van der Waals surface area (Å²) >= 11 is 1.49. The van der Waals surface area contributed by atoms with E-state index >= 15 is 0 Å². The highest BCUT2D eigenvalue weighted by molar-refractivity contribution is 7.99. The van der Waals surface area contributed by atoms with Crippen LogP contribution in [0.15, 0.2) is 34.2 Å². The van der Waals surface area contributed by atoms with Gasteiger partial charge in [-0.2, -0.15) is 5.26 Å². The van der Waals surface area contributed by atoms with Crippen LogP contribution in [0.1, 0.15) is 42.1 Å². The summed E-state index contributed by atoms with van der Waals surface area (Å²) in [4.78, 5) is 19.5. The van der Waals surface area contributed by atoms with Gasteiger partial charge in [-0.25, -0.2) is 4.98 Å². The van der Waals surface area contributed by atoms with Crippen LogP contribution in [-0.2, 0) is 0 Å². The highest BCUT2D eigenvalue weighted by Crippen LogP contribution is 2.28. The van der Waals surface area contributed by atoms with E-state index in [1.807, 2.05) is 45.0 Å². The zero-order valence-corrected chi connectivity index (χ0v) is 14.0. The Morgan fingerprint density at radius 1 is 1.27 bits per heavy atom. The quantitative estimate of drug-likeness (QED) is 0.692. The van der Waals surface area contributed by atoms with Crippen LogP contribution in [0.2, 0.25) is 0 Å². The molecule has 1 unspecified atom stereocenters. The largest absolute Gasteiger partial charge is 0.301 e. The second-order valence-corrected chi connectivity index (χ2v) is 7.03. The lowest BCUT2D eigenvalue weighted by atomic mass is 9.91. The van der Waals surface area contributed by atoms with Crippen LogP contribution in [-0.4, -0.2) is 15.2 Å². The molecule has 1 aromatic carbocycles. The maximum atomic E-state index is 12.2. The van der Waals surface area contributed by atoms with Gasteiger partial charge in [-0.3, -0.25) is 4.79 Å². The molecule has 1 N–H and O–H groups in total. The molecule has 1 heterocycles. The minimum absolute atomic E-state index is 0.179. The van der Waals surface area contributed by atoms with Gasteiger partial charge in [-0.05, 0) is 25.0 Å². The summed E-state index contributed by atoms with van der Waals surface area (Å²) in [6.45, 7) is 7.75. The number of nitrogens with zero attached hydrogens (tertiary/aromatic N) is 2. The van der Waals surface area contributed by atoms with E-state index < -0.39 is 5.92 Å². The van der Waals surface area contributed by atoms with Crippen molar-refractivity contribution in [1.82, 2.24) is 9.97 Å². The Balaban J connectivity index is 2.59. The van der Waals surface area contributed by atoms with E-state index in [-0.39, 0.29) is 5.56 Å². The van der Waals surface area contributed by atoms with Crippen molar-refractivity contribution in [1.29, 1.82) is 5.26 Å². The van der Waals surface area contributed by atoms with Crippen molar-refractivity contribution >= 4 is 11.8 Å². The van der Waals surface area contributed by atoms with E-state index in [4.69, 9.17) is 0 Å². The number of benzene rings is 1. The normalized spacial score (nSPS) is 12.2. The van der Waals surface area contributed by atoms with Gasteiger partial charge in [0.15, 0.2) is 5.16 Å². The third-order valence-corrected chi connectivity index (χ3v) is 4.30. The van der Waals surface area contributed by atoms with Gasteiger partial charge in [-0.15, -0.1) is 0 Å². The average Bonchev–Trinajstić information content (AvgIpc) is 2.46.